The van der Waals surface area contributed by atoms with Crippen molar-refractivity contribution >= 4 is 29.9 Å². The summed E-state index contributed by atoms with van der Waals surface area (Å²) in [5, 5.41) is 3.32. The van der Waals surface area contributed by atoms with Gasteiger partial charge in [-0.1, -0.05) is 12.1 Å². The number of halogens is 2. The molecule has 2 aromatic rings. The Kier molecular flexibility index (Phi) is 7.70. The fourth-order valence-electron chi connectivity index (χ4n) is 3.22. The lowest BCUT2D eigenvalue weighted by Crippen LogP contribution is -2.43. The van der Waals surface area contributed by atoms with Gasteiger partial charge in [-0.2, -0.15) is 0 Å². The number of guanidine groups is 1. The van der Waals surface area contributed by atoms with Crippen LogP contribution in [0.15, 0.2) is 41.4 Å². The number of ether oxygens (including phenoxy) is 2. The predicted molar refractivity (Wildman–Crippen MR) is 116 cm³/mol. The first-order chi connectivity index (χ1) is 12.6. The Hall–Kier alpha value is -2.03. The molecule has 7 heteroatoms. The minimum atomic E-state index is -0.229. The molecule has 0 saturated heterocycles. The molecular weight excluding hydrogens is 460 g/mol. The third-order valence-electron chi connectivity index (χ3n) is 4.57. The highest BCUT2D eigenvalue weighted by Gasteiger charge is 2.21. The van der Waals surface area contributed by atoms with Crippen molar-refractivity contribution < 1.29 is 13.9 Å². The lowest BCUT2D eigenvalue weighted by molar-refractivity contribution is 0.346. The van der Waals surface area contributed by atoms with E-state index in [-0.39, 0.29) is 29.8 Å². The summed E-state index contributed by atoms with van der Waals surface area (Å²) in [7, 11) is 5.06. The van der Waals surface area contributed by atoms with Gasteiger partial charge in [0.25, 0.3) is 0 Å². The zero-order chi connectivity index (χ0) is 18.5. The third kappa shape index (κ3) is 5.03. The minimum absolute atomic E-state index is 0. The lowest BCUT2D eigenvalue weighted by Gasteiger charge is -2.32. The Bertz CT molecular complexity index is 814. The summed E-state index contributed by atoms with van der Waals surface area (Å²) < 4.78 is 24.1. The quantitative estimate of drug-likeness (QED) is 0.409. The fraction of sp³-hybridized carbons (Fsp3) is 0.350. The van der Waals surface area contributed by atoms with Gasteiger partial charge in [-0.05, 0) is 47.4 Å². The average Bonchev–Trinajstić information content (AvgIpc) is 2.67. The molecule has 0 fully saturated rings. The van der Waals surface area contributed by atoms with Gasteiger partial charge in [-0.15, -0.1) is 24.0 Å². The third-order valence-corrected chi connectivity index (χ3v) is 4.57. The van der Waals surface area contributed by atoms with Crippen molar-refractivity contribution in [2.75, 3.05) is 27.8 Å². The van der Waals surface area contributed by atoms with Crippen LogP contribution < -0.4 is 14.8 Å². The van der Waals surface area contributed by atoms with E-state index in [1.807, 2.05) is 12.1 Å². The first-order valence-corrected chi connectivity index (χ1v) is 8.58. The number of fused-ring (bicyclic) bond motifs is 1. The maximum Gasteiger partial charge on any atom is 0.194 e. The van der Waals surface area contributed by atoms with Crippen molar-refractivity contribution in [1.82, 2.24) is 10.2 Å². The van der Waals surface area contributed by atoms with Gasteiger partial charge >= 0.3 is 0 Å². The number of aliphatic imine (C=N–C) groups is 1. The van der Waals surface area contributed by atoms with Gasteiger partial charge in [-0.25, -0.2) is 4.39 Å². The molecule has 146 valence electrons. The molecule has 0 unspecified atom stereocenters. The van der Waals surface area contributed by atoms with Crippen molar-refractivity contribution in [2.24, 2.45) is 4.99 Å². The van der Waals surface area contributed by atoms with E-state index in [1.165, 1.54) is 23.3 Å². The largest absolute Gasteiger partial charge is 0.493 e. The van der Waals surface area contributed by atoms with Gasteiger partial charge in [0.1, 0.15) is 5.82 Å². The molecule has 2 aromatic carbocycles. The molecule has 0 spiro atoms. The van der Waals surface area contributed by atoms with E-state index < -0.39 is 0 Å². The molecule has 27 heavy (non-hydrogen) atoms. The second kappa shape index (κ2) is 9.77. The van der Waals surface area contributed by atoms with Crippen molar-refractivity contribution in [1.29, 1.82) is 0 Å². The van der Waals surface area contributed by atoms with Crippen LogP contribution in [-0.2, 0) is 19.5 Å². The molecule has 0 amide bonds. The number of methoxy groups -OCH3 is 2. The first kappa shape index (κ1) is 21.3. The van der Waals surface area contributed by atoms with Crippen molar-refractivity contribution in [3.63, 3.8) is 0 Å². The van der Waals surface area contributed by atoms with Crippen molar-refractivity contribution in [3.05, 3.63) is 58.9 Å². The molecule has 0 saturated carbocycles. The van der Waals surface area contributed by atoms with Crippen LogP contribution in [0.2, 0.25) is 0 Å². The van der Waals surface area contributed by atoms with Crippen LogP contribution in [0.25, 0.3) is 0 Å². The summed E-state index contributed by atoms with van der Waals surface area (Å²) in [6.45, 7) is 2.11. The Balaban J connectivity index is 0.00000261. The molecule has 0 bridgehead atoms. The van der Waals surface area contributed by atoms with Crippen LogP contribution in [0.3, 0.4) is 0 Å². The summed E-state index contributed by atoms with van der Waals surface area (Å²) in [6.07, 6.45) is 0.899. The molecule has 5 nitrogen and oxygen atoms in total. The Labute approximate surface area is 176 Å². The highest BCUT2D eigenvalue weighted by molar-refractivity contribution is 14.0. The molecule has 1 aliphatic rings. The van der Waals surface area contributed by atoms with Gasteiger partial charge in [0, 0.05) is 26.7 Å². The summed E-state index contributed by atoms with van der Waals surface area (Å²) in [5.41, 5.74) is 3.34. The van der Waals surface area contributed by atoms with E-state index in [4.69, 9.17) is 9.47 Å². The van der Waals surface area contributed by atoms with Gasteiger partial charge < -0.3 is 19.7 Å². The topological polar surface area (TPSA) is 46.1 Å². The summed E-state index contributed by atoms with van der Waals surface area (Å²) in [5.74, 6) is 2.06. The van der Waals surface area contributed by atoms with Crippen LogP contribution in [0, 0.1) is 5.82 Å². The average molecular weight is 485 g/mol. The van der Waals surface area contributed by atoms with Crippen molar-refractivity contribution in [3.8, 4) is 11.5 Å². The molecule has 1 aliphatic heterocycles. The Morgan fingerprint density at radius 1 is 1.15 bits per heavy atom. The number of nitrogens with one attached hydrogen (secondary N) is 1. The number of hydrogen-bond acceptors (Lipinski definition) is 3. The highest BCUT2D eigenvalue weighted by atomic mass is 127. The monoisotopic (exact) mass is 485 g/mol. The molecule has 0 atom stereocenters. The van der Waals surface area contributed by atoms with Crippen molar-refractivity contribution in [2.45, 2.75) is 19.5 Å². The van der Waals surface area contributed by atoms with Crippen LogP contribution in [0.5, 0.6) is 11.5 Å². The van der Waals surface area contributed by atoms with E-state index in [2.05, 4.69) is 21.3 Å². The van der Waals surface area contributed by atoms with E-state index in [0.717, 1.165) is 42.5 Å². The summed E-state index contributed by atoms with van der Waals surface area (Å²) >= 11 is 0. The van der Waals surface area contributed by atoms with Crippen LogP contribution in [0.4, 0.5) is 4.39 Å². The molecule has 0 aromatic heterocycles. The molecule has 3 rings (SSSR count). The maximum absolute atomic E-state index is 13.3. The number of nitrogens with zero attached hydrogens (tertiary/aromatic N) is 2. The maximum atomic E-state index is 13.3. The van der Waals surface area contributed by atoms with Crippen LogP contribution in [0.1, 0.15) is 16.7 Å². The van der Waals surface area contributed by atoms with Gasteiger partial charge in [0.05, 0.1) is 14.2 Å². The van der Waals surface area contributed by atoms with Crippen LogP contribution in [-0.4, -0.2) is 38.7 Å². The zero-order valence-electron chi connectivity index (χ0n) is 15.8. The molecule has 0 radical (unpaired) electrons. The van der Waals surface area contributed by atoms with Crippen LogP contribution >= 0.6 is 24.0 Å². The SMILES string of the molecule is CN=C(NCc1cccc(F)c1)N1CCc2cc(OC)c(OC)cc2C1.I. The highest BCUT2D eigenvalue weighted by Crippen LogP contribution is 2.33. The van der Waals surface area contributed by atoms with Gasteiger partial charge in [0.2, 0.25) is 0 Å². The van der Waals surface area contributed by atoms with E-state index in [9.17, 15) is 4.39 Å². The summed E-state index contributed by atoms with van der Waals surface area (Å²) in [6, 6.07) is 10.7. The number of benzene rings is 2. The first-order valence-electron chi connectivity index (χ1n) is 8.58. The fourth-order valence-corrected chi connectivity index (χ4v) is 3.22. The Morgan fingerprint density at radius 3 is 2.48 bits per heavy atom. The van der Waals surface area contributed by atoms with Gasteiger partial charge in [-0.3, -0.25) is 4.99 Å². The second-order valence-corrected chi connectivity index (χ2v) is 6.18. The Morgan fingerprint density at radius 2 is 1.85 bits per heavy atom. The minimum Gasteiger partial charge on any atom is -0.493 e. The molecule has 0 aliphatic carbocycles. The molecular formula is C20H25FIN3O2. The van der Waals surface area contributed by atoms with E-state index >= 15 is 0 Å². The van der Waals surface area contributed by atoms with E-state index in [1.54, 1.807) is 27.3 Å². The normalized spacial score (nSPS) is 13.5. The lowest BCUT2D eigenvalue weighted by atomic mass is 9.99. The second-order valence-electron chi connectivity index (χ2n) is 6.18. The smallest absolute Gasteiger partial charge is 0.194 e. The van der Waals surface area contributed by atoms with Gasteiger partial charge in [0.15, 0.2) is 17.5 Å². The molecule has 1 N–H and O–H groups in total. The number of hydrogen-bond donors (Lipinski definition) is 1. The molecule has 1 heterocycles. The number of rotatable bonds is 4. The van der Waals surface area contributed by atoms with E-state index in [0.29, 0.717) is 6.54 Å². The zero-order valence-corrected chi connectivity index (χ0v) is 18.1. The standard InChI is InChI=1S/C20H24FN3O2.HI/c1-22-20(23-12-14-5-4-6-17(21)9-14)24-8-7-15-10-18(25-2)19(26-3)11-16(15)13-24;/h4-6,9-11H,7-8,12-13H2,1-3H3,(H,22,23);1H. The predicted octanol–water partition coefficient (Wildman–Crippen LogP) is 3.59. The summed E-state index contributed by atoms with van der Waals surface area (Å²) in [4.78, 5) is 6.57.